The van der Waals surface area contributed by atoms with Crippen LogP contribution < -0.4 is 9.47 Å². The van der Waals surface area contributed by atoms with E-state index in [0.717, 1.165) is 18.5 Å². The van der Waals surface area contributed by atoms with Crippen LogP contribution in [0.5, 0.6) is 11.5 Å². The number of nitrogens with zero attached hydrogens (tertiary/aromatic N) is 2. The quantitative estimate of drug-likeness (QED) is 0.716. The van der Waals surface area contributed by atoms with Crippen molar-refractivity contribution in [2.75, 3.05) is 14.2 Å². The Balaban J connectivity index is 1.39. The highest BCUT2D eigenvalue weighted by Gasteiger charge is 2.28. The highest BCUT2D eigenvalue weighted by atomic mass is 16.5. The van der Waals surface area contributed by atoms with E-state index in [1.807, 2.05) is 43.4 Å². The van der Waals surface area contributed by atoms with Crippen molar-refractivity contribution >= 4 is 5.91 Å². The maximum Gasteiger partial charge on any atom is 0.274 e. The zero-order valence-corrected chi connectivity index (χ0v) is 16.0. The summed E-state index contributed by atoms with van der Waals surface area (Å²) in [5, 5.41) is 7.08. The molecule has 2 aromatic carbocycles. The maximum absolute atomic E-state index is 12.9. The number of likely N-dealkylation sites (N-methyl/N-ethyl adjacent to an activating group) is 1. The average Bonchev–Trinajstić information content (AvgIpc) is 3.38. The van der Waals surface area contributed by atoms with Crippen LogP contribution in [0.25, 0.3) is 0 Å². The van der Waals surface area contributed by atoms with Crippen LogP contribution in [0.2, 0.25) is 0 Å². The maximum atomic E-state index is 12.9. The second-order valence-corrected chi connectivity index (χ2v) is 6.96. The summed E-state index contributed by atoms with van der Waals surface area (Å²) in [6, 6.07) is 17.7. The molecular formula is C22H23N3O3. The van der Waals surface area contributed by atoms with Gasteiger partial charge in [-0.3, -0.25) is 9.89 Å². The van der Waals surface area contributed by atoms with Crippen LogP contribution in [0.3, 0.4) is 0 Å². The van der Waals surface area contributed by atoms with E-state index in [2.05, 4.69) is 22.3 Å². The number of para-hydroxylation sites is 2. The highest BCUT2D eigenvalue weighted by Crippen LogP contribution is 2.27. The van der Waals surface area contributed by atoms with E-state index in [1.54, 1.807) is 18.1 Å². The molecule has 6 heteroatoms. The Morgan fingerprint density at radius 1 is 1.11 bits per heavy atom. The molecule has 144 valence electrons. The van der Waals surface area contributed by atoms with Crippen LogP contribution in [0.4, 0.5) is 0 Å². The van der Waals surface area contributed by atoms with Gasteiger partial charge in [-0.05, 0) is 42.2 Å². The van der Waals surface area contributed by atoms with E-state index >= 15 is 0 Å². The van der Waals surface area contributed by atoms with Crippen molar-refractivity contribution in [1.29, 1.82) is 0 Å². The summed E-state index contributed by atoms with van der Waals surface area (Å²) >= 11 is 0. The Bertz CT molecular complexity index is 957. The van der Waals surface area contributed by atoms with Crippen molar-refractivity contribution in [1.82, 2.24) is 15.1 Å². The van der Waals surface area contributed by atoms with Crippen LogP contribution in [-0.4, -0.2) is 41.2 Å². The summed E-state index contributed by atoms with van der Waals surface area (Å²) in [6.45, 7) is 0.277. The topological polar surface area (TPSA) is 67.5 Å². The first kappa shape index (κ1) is 18.1. The van der Waals surface area contributed by atoms with E-state index in [-0.39, 0.29) is 18.6 Å². The molecule has 3 aromatic rings. The molecule has 0 saturated heterocycles. The number of carbonyl (C=O) groups excluding carboxylic acids is 1. The molecule has 1 aliphatic carbocycles. The Kier molecular flexibility index (Phi) is 5.02. The number of rotatable bonds is 6. The largest absolute Gasteiger partial charge is 0.493 e. The lowest BCUT2D eigenvalue weighted by Gasteiger charge is -2.23. The molecule has 1 heterocycles. The third kappa shape index (κ3) is 3.58. The number of benzene rings is 2. The zero-order chi connectivity index (χ0) is 19.5. The average molecular weight is 377 g/mol. The SMILES string of the molecule is COc1ccccc1OCc1cc(C(=O)N(C)C2Cc3ccccc3C2)n[nH]1. The Morgan fingerprint density at radius 2 is 1.75 bits per heavy atom. The molecule has 0 saturated carbocycles. The molecule has 0 atom stereocenters. The smallest absolute Gasteiger partial charge is 0.274 e. The van der Waals surface area contributed by atoms with Gasteiger partial charge in [0, 0.05) is 13.1 Å². The van der Waals surface area contributed by atoms with E-state index < -0.39 is 0 Å². The van der Waals surface area contributed by atoms with Crippen LogP contribution in [0, 0.1) is 0 Å². The first-order chi connectivity index (χ1) is 13.7. The van der Waals surface area contributed by atoms with Crippen molar-refractivity contribution in [3.63, 3.8) is 0 Å². The third-order valence-electron chi connectivity index (χ3n) is 5.20. The number of carbonyl (C=O) groups is 1. The number of hydrogen-bond donors (Lipinski definition) is 1. The molecule has 0 radical (unpaired) electrons. The van der Waals surface area contributed by atoms with Gasteiger partial charge in [0.15, 0.2) is 17.2 Å². The van der Waals surface area contributed by atoms with Gasteiger partial charge >= 0.3 is 0 Å². The van der Waals surface area contributed by atoms with E-state index in [0.29, 0.717) is 17.2 Å². The number of ether oxygens (including phenoxy) is 2. The lowest BCUT2D eigenvalue weighted by molar-refractivity contribution is 0.0731. The summed E-state index contributed by atoms with van der Waals surface area (Å²) < 4.78 is 11.1. The normalized spacial score (nSPS) is 13.2. The molecule has 1 aromatic heterocycles. The predicted octanol–water partition coefficient (Wildman–Crippen LogP) is 3.24. The summed E-state index contributed by atoms with van der Waals surface area (Å²) in [5.74, 6) is 1.23. The van der Waals surface area contributed by atoms with Gasteiger partial charge in [0.05, 0.1) is 12.8 Å². The molecule has 28 heavy (non-hydrogen) atoms. The van der Waals surface area contributed by atoms with Crippen LogP contribution in [0.1, 0.15) is 27.3 Å². The number of methoxy groups -OCH3 is 1. The van der Waals surface area contributed by atoms with Crippen LogP contribution in [-0.2, 0) is 19.4 Å². The monoisotopic (exact) mass is 377 g/mol. The van der Waals surface area contributed by atoms with E-state index in [4.69, 9.17) is 9.47 Å². The number of H-pyrrole nitrogens is 1. The van der Waals surface area contributed by atoms with Gasteiger partial charge in [0.2, 0.25) is 0 Å². The molecular weight excluding hydrogens is 354 g/mol. The second kappa shape index (κ2) is 7.76. The molecule has 0 bridgehead atoms. The van der Waals surface area contributed by atoms with Gasteiger partial charge in [0.1, 0.15) is 6.61 Å². The minimum atomic E-state index is -0.0856. The van der Waals surface area contributed by atoms with Crippen molar-refractivity contribution in [2.45, 2.75) is 25.5 Å². The Morgan fingerprint density at radius 3 is 2.43 bits per heavy atom. The second-order valence-electron chi connectivity index (χ2n) is 6.96. The molecule has 0 aliphatic heterocycles. The van der Waals surface area contributed by atoms with Crippen molar-refractivity contribution in [3.05, 3.63) is 77.1 Å². The molecule has 0 unspecified atom stereocenters. The standard InChI is InChI=1S/C22H23N3O3/c1-25(18-11-15-7-3-4-8-16(15)12-18)22(26)19-13-17(23-24-19)14-28-21-10-6-5-9-20(21)27-2/h3-10,13,18H,11-12,14H2,1-2H3,(H,23,24). The van der Waals surface area contributed by atoms with Gasteiger partial charge in [-0.2, -0.15) is 5.10 Å². The zero-order valence-electron chi connectivity index (χ0n) is 16.0. The number of hydrogen-bond acceptors (Lipinski definition) is 4. The lowest BCUT2D eigenvalue weighted by atomic mass is 10.1. The van der Waals surface area contributed by atoms with Gasteiger partial charge < -0.3 is 14.4 Å². The van der Waals surface area contributed by atoms with Gasteiger partial charge in [-0.25, -0.2) is 0 Å². The third-order valence-corrected chi connectivity index (χ3v) is 5.20. The molecule has 1 aliphatic rings. The number of aromatic amines is 1. The van der Waals surface area contributed by atoms with Crippen molar-refractivity contribution in [2.24, 2.45) is 0 Å². The fourth-order valence-corrected chi connectivity index (χ4v) is 3.59. The summed E-state index contributed by atoms with van der Waals surface area (Å²) in [7, 11) is 3.45. The Labute approximate surface area is 164 Å². The highest BCUT2D eigenvalue weighted by molar-refractivity contribution is 5.92. The van der Waals surface area contributed by atoms with Gasteiger partial charge in [-0.1, -0.05) is 36.4 Å². The Hall–Kier alpha value is -3.28. The van der Waals surface area contributed by atoms with Crippen LogP contribution in [0.15, 0.2) is 54.6 Å². The summed E-state index contributed by atoms with van der Waals surface area (Å²) in [4.78, 5) is 14.6. The van der Waals surface area contributed by atoms with Crippen molar-refractivity contribution < 1.29 is 14.3 Å². The predicted molar refractivity (Wildman–Crippen MR) is 106 cm³/mol. The molecule has 4 rings (SSSR count). The van der Waals surface area contributed by atoms with Crippen molar-refractivity contribution in [3.8, 4) is 11.5 Å². The van der Waals surface area contributed by atoms with Gasteiger partial charge in [-0.15, -0.1) is 0 Å². The molecule has 6 nitrogen and oxygen atoms in total. The number of fused-ring (bicyclic) bond motifs is 1. The number of amides is 1. The van der Waals surface area contributed by atoms with Crippen LogP contribution >= 0.6 is 0 Å². The first-order valence-corrected chi connectivity index (χ1v) is 9.29. The van der Waals surface area contributed by atoms with Gasteiger partial charge in [0.25, 0.3) is 5.91 Å². The minimum Gasteiger partial charge on any atom is -0.493 e. The minimum absolute atomic E-state index is 0.0856. The molecule has 1 amide bonds. The molecule has 0 fully saturated rings. The fraction of sp³-hybridized carbons (Fsp3) is 0.273. The fourth-order valence-electron chi connectivity index (χ4n) is 3.59. The molecule has 1 N–H and O–H groups in total. The number of aromatic nitrogens is 2. The van der Waals surface area contributed by atoms with E-state index in [1.165, 1.54) is 11.1 Å². The summed E-state index contributed by atoms with van der Waals surface area (Å²) in [6.07, 6.45) is 1.76. The summed E-state index contributed by atoms with van der Waals surface area (Å²) in [5.41, 5.74) is 3.77. The van der Waals surface area contributed by atoms with E-state index in [9.17, 15) is 4.79 Å². The number of nitrogens with one attached hydrogen (secondary N) is 1. The molecule has 0 spiro atoms. The first-order valence-electron chi connectivity index (χ1n) is 9.29. The lowest BCUT2D eigenvalue weighted by Crippen LogP contribution is -2.37.